The SMILES string of the molecule is O=C1Cc2cc(CCCc3nc(-c4ccc5cc[nH]c5c4)no3)ccc2N1. The van der Waals surface area contributed by atoms with Crippen LogP contribution in [-0.2, 0) is 24.1 Å². The van der Waals surface area contributed by atoms with Gasteiger partial charge in [-0.25, -0.2) is 0 Å². The highest BCUT2D eigenvalue weighted by Gasteiger charge is 2.17. The lowest BCUT2D eigenvalue weighted by molar-refractivity contribution is -0.115. The third-order valence-corrected chi connectivity index (χ3v) is 4.93. The molecule has 5 rings (SSSR count). The summed E-state index contributed by atoms with van der Waals surface area (Å²) in [5, 5.41) is 8.13. The first kappa shape index (κ1) is 15.8. The largest absolute Gasteiger partial charge is 0.361 e. The summed E-state index contributed by atoms with van der Waals surface area (Å²) in [6.07, 6.45) is 4.94. The van der Waals surface area contributed by atoms with Gasteiger partial charge >= 0.3 is 0 Å². The number of H-pyrrole nitrogens is 1. The molecule has 2 aromatic heterocycles. The summed E-state index contributed by atoms with van der Waals surface area (Å²) in [6.45, 7) is 0. The molecule has 0 aliphatic carbocycles. The molecule has 1 amide bonds. The lowest BCUT2D eigenvalue weighted by Gasteiger charge is -2.03. The highest BCUT2D eigenvalue weighted by molar-refractivity contribution is 5.99. The van der Waals surface area contributed by atoms with Crippen LogP contribution in [0.2, 0.25) is 0 Å². The minimum Gasteiger partial charge on any atom is -0.361 e. The van der Waals surface area contributed by atoms with E-state index < -0.39 is 0 Å². The van der Waals surface area contributed by atoms with Crippen LogP contribution in [0.4, 0.5) is 5.69 Å². The average molecular weight is 358 g/mol. The zero-order valence-corrected chi connectivity index (χ0v) is 14.7. The molecule has 0 spiro atoms. The fraction of sp³-hybridized carbons (Fsp3) is 0.190. The summed E-state index contributed by atoms with van der Waals surface area (Å²) in [5.74, 6) is 1.33. The molecular weight excluding hydrogens is 340 g/mol. The van der Waals surface area contributed by atoms with Crippen LogP contribution in [-0.4, -0.2) is 21.0 Å². The van der Waals surface area contributed by atoms with Gasteiger partial charge in [-0.2, -0.15) is 4.98 Å². The zero-order valence-electron chi connectivity index (χ0n) is 14.7. The summed E-state index contributed by atoms with van der Waals surface area (Å²) in [7, 11) is 0. The molecular formula is C21H18N4O2. The Morgan fingerprint density at radius 2 is 2.04 bits per heavy atom. The molecule has 1 aliphatic rings. The van der Waals surface area contributed by atoms with Gasteiger partial charge in [0.1, 0.15) is 0 Å². The first-order chi connectivity index (χ1) is 13.2. The van der Waals surface area contributed by atoms with Crippen molar-refractivity contribution in [2.45, 2.75) is 25.7 Å². The van der Waals surface area contributed by atoms with Crippen molar-refractivity contribution >= 4 is 22.5 Å². The second-order valence-electron chi connectivity index (χ2n) is 6.86. The molecule has 0 bridgehead atoms. The molecule has 0 atom stereocenters. The van der Waals surface area contributed by atoms with Gasteiger partial charge in [-0.3, -0.25) is 4.79 Å². The Morgan fingerprint density at radius 1 is 1.07 bits per heavy atom. The van der Waals surface area contributed by atoms with E-state index in [4.69, 9.17) is 4.52 Å². The third-order valence-electron chi connectivity index (χ3n) is 4.93. The van der Waals surface area contributed by atoms with Gasteiger partial charge in [-0.05, 0) is 47.6 Å². The van der Waals surface area contributed by atoms with Crippen molar-refractivity contribution in [3.8, 4) is 11.4 Å². The number of benzene rings is 2. The van der Waals surface area contributed by atoms with Crippen molar-refractivity contribution in [3.05, 3.63) is 65.7 Å². The summed E-state index contributed by atoms with van der Waals surface area (Å²) in [6, 6.07) is 14.3. The normalized spacial score (nSPS) is 13.1. The fourth-order valence-electron chi connectivity index (χ4n) is 3.54. The summed E-state index contributed by atoms with van der Waals surface area (Å²) < 4.78 is 5.41. The molecule has 6 nitrogen and oxygen atoms in total. The molecule has 0 saturated carbocycles. The Bertz CT molecular complexity index is 1140. The van der Waals surface area contributed by atoms with Crippen molar-refractivity contribution in [1.82, 2.24) is 15.1 Å². The van der Waals surface area contributed by atoms with Gasteiger partial charge in [0, 0.05) is 29.4 Å². The smallest absolute Gasteiger partial charge is 0.228 e. The second kappa shape index (κ2) is 6.39. The van der Waals surface area contributed by atoms with E-state index in [9.17, 15) is 4.79 Å². The average Bonchev–Trinajstić information content (AvgIpc) is 3.39. The first-order valence-electron chi connectivity index (χ1n) is 9.06. The van der Waals surface area contributed by atoms with Crippen LogP contribution in [0.5, 0.6) is 0 Å². The van der Waals surface area contributed by atoms with Gasteiger partial charge in [0.25, 0.3) is 0 Å². The molecule has 2 N–H and O–H groups in total. The van der Waals surface area contributed by atoms with Gasteiger partial charge < -0.3 is 14.8 Å². The van der Waals surface area contributed by atoms with E-state index in [2.05, 4.69) is 32.6 Å². The fourth-order valence-corrected chi connectivity index (χ4v) is 3.54. The summed E-state index contributed by atoms with van der Waals surface area (Å²) >= 11 is 0. The summed E-state index contributed by atoms with van der Waals surface area (Å²) in [5.41, 5.74) is 5.24. The third kappa shape index (κ3) is 3.10. The maximum absolute atomic E-state index is 11.4. The van der Waals surface area contributed by atoms with E-state index >= 15 is 0 Å². The Balaban J connectivity index is 1.23. The predicted molar refractivity (Wildman–Crippen MR) is 102 cm³/mol. The lowest BCUT2D eigenvalue weighted by atomic mass is 10.0. The summed E-state index contributed by atoms with van der Waals surface area (Å²) in [4.78, 5) is 19.2. The minimum absolute atomic E-state index is 0.0677. The quantitative estimate of drug-likeness (QED) is 0.567. The van der Waals surface area contributed by atoms with Gasteiger partial charge in [-0.1, -0.05) is 29.4 Å². The number of nitrogens with zero attached hydrogens (tertiary/aromatic N) is 2. The Morgan fingerprint density at radius 3 is 3.00 bits per heavy atom. The van der Waals surface area contributed by atoms with E-state index in [1.165, 1.54) is 5.56 Å². The van der Waals surface area contributed by atoms with Crippen LogP contribution >= 0.6 is 0 Å². The van der Waals surface area contributed by atoms with Gasteiger partial charge in [-0.15, -0.1) is 0 Å². The number of hydrogen-bond donors (Lipinski definition) is 2. The Kier molecular flexibility index (Phi) is 3.74. The van der Waals surface area contributed by atoms with Crippen molar-refractivity contribution in [2.24, 2.45) is 0 Å². The molecule has 6 heteroatoms. The van der Waals surface area contributed by atoms with E-state index in [0.717, 1.165) is 47.0 Å². The number of amides is 1. The van der Waals surface area contributed by atoms with Gasteiger partial charge in [0.05, 0.1) is 6.42 Å². The number of fused-ring (bicyclic) bond motifs is 2. The van der Waals surface area contributed by atoms with Crippen LogP contribution in [0.25, 0.3) is 22.3 Å². The highest BCUT2D eigenvalue weighted by Crippen LogP contribution is 2.25. The molecule has 0 radical (unpaired) electrons. The molecule has 1 aliphatic heterocycles. The van der Waals surface area contributed by atoms with E-state index in [0.29, 0.717) is 18.1 Å². The number of nitrogens with one attached hydrogen (secondary N) is 2. The number of carbonyl (C=O) groups excluding carboxylic acids is 1. The van der Waals surface area contributed by atoms with E-state index in [1.807, 2.05) is 36.5 Å². The standard InChI is InChI=1S/C21H18N4O2/c26-19-12-16-10-13(4-7-17(16)23-19)2-1-3-20-24-21(25-27-20)15-6-5-14-8-9-22-18(14)11-15/h4-11,22H,1-3,12H2,(H,23,26). The molecule has 2 aromatic carbocycles. The van der Waals surface area contributed by atoms with Crippen LogP contribution in [0.1, 0.15) is 23.4 Å². The van der Waals surface area contributed by atoms with Crippen LogP contribution in [0.3, 0.4) is 0 Å². The number of anilines is 1. The topological polar surface area (TPSA) is 83.8 Å². The number of rotatable bonds is 5. The van der Waals surface area contributed by atoms with Crippen LogP contribution < -0.4 is 5.32 Å². The zero-order chi connectivity index (χ0) is 18.2. The van der Waals surface area contributed by atoms with Crippen molar-refractivity contribution in [3.63, 3.8) is 0 Å². The molecule has 0 unspecified atom stereocenters. The van der Waals surface area contributed by atoms with Crippen molar-refractivity contribution in [2.75, 3.05) is 5.32 Å². The molecule has 134 valence electrons. The number of aryl methyl sites for hydroxylation is 2. The number of carbonyl (C=O) groups is 1. The van der Waals surface area contributed by atoms with Gasteiger partial charge in [0.2, 0.25) is 17.6 Å². The minimum atomic E-state index is 0.0677. The Labute approximate surface area is 155 Å². The van der Waals surface area contributed by atoms with Crippen molar-refractivity contribution in [1.29, 1.82) is 0 Å². The first-order valence-corrected chi connectivity index (χ1v) is 9.06. The van der Waals surface area contributed by atoms with Crippen molar-refractivity contribution < 1.29 is 9.32 Å². The van der Waals surface area contributed by atoms with Crippen LogP contribution in [0.15, 0.2) is 53.2 Å². The maximum atomic E-state index is 11.4. The second-order valence-corrected chi connectivity index (χ2v) is 6.86. The molecule has 27 heavy (non-hydrogen) atoms. The molecule has 0 fully saturated rings. The van der Waals surface area contributed by atoms with Crippen LogP contribution in [0, 0.1) is 0 Å². The van der Waals surface area contributed by atoms with Gasteiger partial charge in [0.15, 0.2) is 0 Å². The predicted octanol–water partition coefficient (Wildman–Crippen LogP) is 3.89. The number of aromatic amines is 1. The van der Waals surface area contributed by atoms with E-state index in [1.54, 1.807) is 0 Å². The highest BCUT2D eigenvalue weighted by atomic mass is 16.5. The molecule has 0 saturated heterocycles. The number of hydrogen-bond acceptors (Lipinski definition) is 4. The molecule has 3 heterocycles. The molecule has 4 aromatic rings. The number of aromatic nitrogens is 3. The lowest BCUT2D eigenvalue weighted by Crippen LogP contribution is -2.03. The van der Waals surface area contributed by atoms with E-state index in [-0.39, 0.29) is 5.91 Å². The Hall–Kier alpha value is -3.41. The monoisotopic (exact) mass is 358 g/mol. The maximum Gasteiger partial charge on any atom is 0.228 e.